The second-order valence-electron chi connectivity index (χ2n) is 7.38. The molecule has 1 aromatic carbocycles. The number of aromatic nitrogens is 1. The molecule has 1 aliphatic rings. The topological polar surface area (TPSA) is 44.6 Å². The lowest BCUT2D eigenvalue weighted by Gasteiger charge is -2.29. The molecule has 0 atom stereocenters. The first kappa shape index (κ1) is 18.8. The van der Waals surface area contributed by atoms with Crippen LogP contribution >= 0.6 is 0 Å². The quantitative estimate of drug-likeness (QED) is 0.456. The summed E-state index contributed by atoms with van der Waals surface area (Å²) < 4.78 is 2.33. The molecule has 0 saturated carbocycles. The Morgan fingerprint density at radius 3 is 2.69 bits per heavy atom. The van der Waals surface area contributed by atoms with Crippen molar-refractivity contribution in [3.63, 3.8) is 0 Å². The molecule has 0 radical (unpaired) electrons. The van der Waals surface area contributed by atoms with Gasteiger partial charge in [-0.3, -0.25) is 4.99 Å². The maximum atomic E-state index is 4.35. The average Bonchev–Trinajstić information content (AvgIpc) is 3.08. The third-order valence-electron chi connectivity index (χ3n) is 5.46. The van der Waals surface area contributed by atoms with Gasteiger partial charge in [-0.25, -0.2) is 0 Å². The molecule has 0 aliphatic carbocycles. The second kappa shape index (κ2) is 9.62. The van der Waals surface area contributed by atoms with Gasteiger partial charge in [-0.05, 0) is 69.3 Å². The molecule has 1 saturated heterocycles. The van der Waals surface area contributed by atoms with E-state index in [9.17, 15) is 0 Å². The van der Waals surface area contributed by atoms with E-state index in [1.165, 1.54) is 43.3 Å². The fraction of sp³-hybridized carbons (Fsp3) is 0.571. The molecule has 2 heterocycles. The summed E-state index contributed by atoms with van der Waals surface area (Å²) in [6.45, 7) is 5.45. The maximum absolute atomic E-state index is 4.35. The Bertz CT molecular complexity index is 697. The molecule has 2 N–H and O–H groups in total. The van der Waals surface area contributed by atoms with Crippen molar-refractivity contribution < 1.29 is 0 Å². The first-order valence-corrected chi connectivity index (χ1v) is 9.93. The molecule has 2 aromatic rings. The highest BCUT2D eigenvalue weighted by atomic mass is 15.2. The molecule has 1 aromatic heterocycles. The predicted molar refractivity (Wildman–Crippen MR) is 111 cm³/mol. The zero-order valence-corrected chi connectivity index (χ0v) is 16.2. The van der Waals surface area contributed by atoms with Crippen LogP contribution in [-0.2, 0) is 6.54 Å². The first-order chi connectivity index (χ1) is 12.8. The zero-order chi connectivity index (χ0) is 18.2. The van der Waals surface area contributed by atoms with E-state index in [-0.39, 0.29) is 0 Å². The van der Waals surface area contributed by atoms with Crippen LogP contribution < -0.4 is 10.6 Å². The van der Waals surface area contributed by atoms with E-state index in [0.29, 0.717) is 0 Å². The van der Waals surface area contributed by atoms with Crippen LogP contribution in [0.3, 0.4) is 0 Å². The minimum Gasteiger partial charge on any atom is -0.356 e. The minimum absolute atomic E-state index is 0.860. The standard InChI is InChI=1S/C21H33N5/c1-22-21(24-13-8-18-9-15-25(2)16-10-18)23-12-5-14-26-17-11-19-6-3-4-7-20(19)26/h3-4,6-7,11,17-18H,5,8-10,12-16H2,1-2H3,(H2,22,23,24). The van der Waals surface area contributed by atoms with Crippen LogP contribution in [0.4, 0.5) is 0 Å². The zero-order valence-electron chi connectivity index (χ0n) is 16.2. The number of para-hydroxylation sites is 1. The van der Waals surface area contributed by atoms with Crippen molar-refractivity contribution >= 4 is 16.9 Å². The number of rotatable bonds is 7. The second-order valence-corrected chi connectivity index (χ2v) is 7.38. The van der Waals surface area contributed by atoms with Gasteiger partial charge in [0.05, 0.1) is 0 Å². The number of likely N-dealkylation sites (tertiary alicyclic amines) is 1. The van der Waals surface area contributed by atoms with E-state index in [4.69, 9.17) is 0 Å². The van der Waals surface area contributed by atoms with Crippen LogP contribution in [0.25, 0.3) is 10.9 Å². The highest BCUT2D eigenvalue weighted by molar-refractivity contribution is 5.80. The monoisotopic (exact) mass is 355 g/mol. The molecule has 0 amide bonds. The molecule has 1 fully saturated rings. The van der Waals surface area contributed by atoms with Crippen molar-refractivity contribution in [2.45, 2.75) is 32.2 Å². The van der Waals surface area contributed by atoms with Gasteiger partial charge in [-0.1, -0.05) is 18.2 Å². The molecule has 26 heavy (non-hydrogen) atoms. The molecule has 5 heteroatoms. The van der Waals surface area contributed by atoms with Crippen LogP contribution in [0.1, 0.15) is 25.7 Å². The average molecular weight is 356 g/mol. The minimum atomic E-state index is 0.860. The lowest BCUT2D eigenvalue weighted by molar-refractivity contribution is 0.213. The van der Waals surface area contributed by atoms with Crippen LogP contribution in [0.15, 0.2) is 41.5 Å². The lowest BCUT2D eigenvalue weighted by atomic mass is 9.94. The smallest absolute Gasteiger partial charge is 0.190 e. The summed E-state index contributed by atoms with van der Waals surface area (Å²) in [6.07, 6.45) is 7.15. The first-order valence-electron chi connectivity index (χ1n) is 9.93. The summed E-state index contributed by atoms with van der Waals surface area (Å²) in [5, 5.41) is 8.22. The number of piperidine rings is 1. The molecular formula is C21H33N5. The van der Waals surface area contributed by atoms with E-state index in [1.807, 2.05) is 7.05 Å². The largest absolute Gasteiger partial charge is 0.356 e. The van der Waals surface area contributed by atoms with E-state index in [0.717, 1.165) is 37.9 Å². The van der Waals surface area contributed by atoms with Gasteiger partial charge >= 0.3 is 0 Å². The summed E-state index contributed by atoms with van der Waals surface area (Å²) in [4.78, 5) is 6.78. The Hall–Kier alpha value is -2.01. The van der Waals surface area contributed by atoms with Gasteiger partial charge in [0.15, 0.2) is 5.96 Å². The number of benzene rings is 1. The summed E-state index contributed by atoms with van der Waals surface area (Å²) in [7, 11) is 4.07. The van der Waals surface area contributed by atoms with E-state index >= 15 is 0 Å². The van der Waals surface area contributed by atoms with E-state index < -0.39 is 0 Å². The highest BCUT2D eigenvalue weighted by Crippen LogP contribution is 2.18. The van der Waals surface area contributed by atoms with Gasteiger partial charge in [0.25, 0.3) is 0 Å². The number of nitrogens with one attached hydrogen (secondary N) is 2. The van der Waals surface area contributed by atoms with Gasteiger partial charge in [0.1, 0.15) is 0 Å². The van der Waals surface area contributed by atoms with Gasteiger partial charge in [-0.15, -0.1) is 0 Å². The van der Waals surface area contributed by atoms with Crippen LogP contribution in [-0.4, -0.2) is 55.7 Å². The van der Waals surface area contributed by atoms with Gasteiger partial charge in [-0.2, -0.15) is 0 Å². The number of aliphatic imine (C=N–C) groups is 1. The summed E-state index contributed by atoms with van der Waals surface area (Å²) in [5.41, 5.74) is 1.31. The molecular weight excluding hydrogens is 322 g/mol. The number of hydrogen-bond donors (Lipinski definition) is 2. The number of nitrogens with zero attached hydrogens (tertiary/aromatic N) is 3. The molecule has 0 spiro atoms. The predicted octanol–water partition coefficient (Wildman–Crippen LogP) is 2.93. The number of hydrogen-bond acceptors (Lipinski definition) is 2. The third kappa shape index (κ3) is 5.24. The molecule has 0 bridgehead atoms. The van der Waals surface area contributed by atoms with Gasteiger partial charge in [0, 0.05) is 38.4 Å². The van der Waals surface area contributed by atoms with Crippen LogP contribution in [0.2, 0.25) is 0 Å². The summed E-state index contributed by atoms with van der Waals surface area (Å²) >= 11 is 0. The van der Waals surface area contributed by atoms with Crippen molar-refractivity contribution in [2.75, 3.05) is 40.3 Å². The Morgan fingerprint density at radius 2 is 1.88 bits per heavy atom. The Kier molecular flexibility index (Phi) is 6.95. The molecule has 3 rings (SSSR count). The van der Waals surface area contributed by atoms with Crippen molar-refractivity contribution in [3.05, 3.63) is 36.5 Å². The highest BCUT2D eigenvalue weighted by Gasteiger charge is 2.16. The van der Waals surface area contributed by atoms with Crippen molar-refractivity contribution in [2.24, 2.45) is 10.9 Å². The lowest BCUT2D eigenvalue weighted by Crippen LogP contribution is -2.39. The van der Waals surface area contributed by atoms with Crippen LogP contribution in [0.5, 0.6) is 0 Å². The van der Waals surface area contributed by atoms with Crippen molar-refractivity contribution in [3.8, 4) is 0 Å². The Balaban J connectivity index is 1.33. The summed E-state index contributed by atoms with van der Waals surface area (Å²) in [5.74, 6) is 1.79. The molecule has 0 unspecified atom stereocenters. The Morgan fingerprint density at radius 1 is 1.12 bits per heavy atom. The van der Waals surface area contributed by atoms with E-state index in [2.05, 4.69) is 68.7 Å². The van der Waals surface area contributed by atoms with Crippen molar-refractivity contribution in [1.82, 2.24) is 20.1 Å². The molecule has 1 aliphatic heterocycles. The fourth-order valence-electron chi connectivity index (χ4n) is 3.76. The summed E-state index contributed by atoms with van der Waals surface area (Å²) in [6, 6.07) is 10.7. The number of guanidine groups is 1. The molecule has 5 nitrogen and oxygen atoms in total. The number of aryl methyl sites for hydroxylation is 1. The Labute approximate surface area is 157 Å². The SMILES string of the molecule is CN=C(NCCCn1ccc2ccccc21)NCCC1CCN(C)CC1. The van der Waals surface area contributed by atoms with Crippen molar-refractivity contribution in [1.29, 1.82) is 0 Å². The number of fused-ring (bicyclic) bond motifs is 1. The normalized spacial score (nSPS) is 16.9. The van der Waals surface area contributed by atoms with E-state index in [1.54, 1.807) is 0 Å². The third-order valence-corrected chi connectivity index (χ3v) is 5.46. The van der Waals surface area contributed by atoms with Crippen LogP contribution in [0, 0.1) is 5.92 Å². The molecule has 142 valence electrons. The maximum Gasteiger partial charge on any atom is 0.190 e. The van der Waals surface area contributed by atoms with Gasteiger partial charge < -0.3 is 20.1 Å². The fourth-order valence-corrected chi connectivity index (χ4v) is 3.76. The van der Waals surface area contributed by atoms with Gasteiger partial charge in [0.2, 0.25) is 0 Å².